The molecule has 1 rings (SSSR count). The first kappa shape index (κ1) is 15.0. The number of benzene rings is 1. The Kier molecular flexibility index (Phi) is 6.18. The predicted molar refractivity (Wildman–Crippen MR) is 64.2 cm³/mol. The van der Waals surface area contributed by atoms with Gasteiger partial charge in [0.1, 0.15) is 11.8 Å². The van der Waals surface area contributed by atoms with Gasteiger partial charge in [0.15, 0.2) is 0 Å². The van der Waals surface area contributed by atoms with Crippen LogP contribution in [0.1, 0.15) is 11.6 Å². The number of carbonyl (C=O) groups excluding carboxylic acids is 1. The summed E-state index contributed by atoms with van der Waals surface area (Å²) in [6, 6.07) is 4.08. The third-order valence-electron chi connectivity index (χ3n) is 1.99. The van der Waals surface area contributed by atoms with Crippen molar-refractivity contribution < 1.29 is 14.3 Å². The van der Waals surface area contributed by atoms with E-state index < -0.39 is 12.0 Å². The molecule has 2 N–H and O–H groups in total. The SMILES string of the molecule is COC(=O)[C@@H](N)c1ccc(Cl)c(OC)c1.Cl. The van der Waals surface area contributed by atoms with Crippen molar-refractivity contribution in [3.05, 3.63) is 28.8 Å². The number of nitrogens with two attached hydrogens (primary N) is 1. The van der Waals surface area contributed by atoms with E-state index in [0.29, 0.717) is 16.3 Å². The Labute approximate surface area is 105 Å². The fraction of sp³-hybridized carbons (Fsp3) is 0.300. The van der Waals surface area contributed by atoms with Gasteiger partial charge in [-0.2, -0.15) is 0 Å². The first-order chi connectivity index (χ1) is 7.10. The van der Waals surface area contributed by atoms with Gasteiger partial charge < -0.3 is 15.2 Å². The quantitative estimate of drug-likeness (QED) is 0.849. The summed E-state index contributed by atoms with van der Waals surface area (Å²) in [6.07, 6.45) is 0. The zero-order chi connectivity index (χ0) is 11.4. The molecule has 1 atom stereocenters. The molecule has 0 saturated heterocycles. The van der Waals surface area contributed by atoms with E-state index in [4.69, 9.17) is 22.1 Å². The molecule has 0 aliphatic rings. The monoisotopic (exact) mass is 265 g/mol. The van der Waals surface area contributed by atoms with Crippen molar-refractivity contribution in [2.75, 3.05) is 14.2 Å². The van der Waals surface area contributed by atoms with E-state index in [2.05, 4.69) is 4.74 Å². The highest BCUT2D eigenvalue weighted by atomic mass is 35.5. The smallest absolute Gasteiger partial charge is 0.327 e. The third-order valence-corrected chi connectivity index (χ3v) is 2.30. The standard InChI is InChI=1S/C10H12ClNO3.ClH/c1-14-8-5-6(3-4-7(8)11)9(12)10(13)15-2;/h3-5,9H,12H2,1-2H3;1H/t9-;/m0./s1. The van der Waals surface area contributed by atoms with Crippen LogP contribution in [0.3, 0.4) is 0 Å². The van der Waals surface area contributed by atoms with Crippen molar-refractivity contribution in [2.45, 2.75) is 6.04 Å². The second kappa shape index (κ2) is 6.58. The van der Waals surface area contributed by atoms with E-state index in [1.165, 1.54) is 14.2 Å². The topological polar surface area (TPSA) is 61.5 Å². The van der Waals surface area contributed by atoms with E-state index in [1.54, 1.807) is 18.2 Å². The Balaban J connectivity index is 0.00000225. The van der Waals surface area contributed by atoms with Gasteiger partial charge in [-0.25, -0.2) is 0 Å². The van der Waals surface area contributed by atoms with Gasteiger partial charge in [-0.3, -0.25) is 4.79 Å². The number of halogens is 2. The van der Waals surface area contributed by atoms with Crippen molar-refractivity contribution in [1.82, 2.24) is 0 Å². The molecule has 0 aromatic heterocycles. The van der Waals surface area contributed by atoms with Gasteiger partial charge in [-0.1, -0.05) is 17.7 Å². The fourth-order valence-corrected chi connectivity index (χ4v) is 1.33. The zero-order valence-electron chi connectivity index (χ0n) is 8.90. The summed E-state index contributed by atoms with van der Waals surface area (Å²) < 4.78 is 9.54. The van der Waals surface area contributed by atoms with Crippen LogP contribution in [0, 0.1) is 0 Å². The van der Waals surface area contributed by atoms with E-state index in [1.807, 2.05) is 0 Å². The van der Waals surface area contributed by atoms with E-state index in [0.717, 1.165) is 0 Å². The van der Waals surface area contributed by atoms with Crippen LogP contribution in [-0.2, 0) is 9.53 Å². The molecule has 0 radical (unpaired) electrons. The van der Waals surface area contributed by atoms with Crippen LogP contribution < -0.4 is 10.5 Å². The maximum absolute atomic E-state index is 11.2. The Bertz CT molecular complexity index is 371. The van der Waals surface area contributed by atoms with Gasteiger partial charge in [0.05, 0.1) is 19.2 Å². The van der Waals surface area contributed by atoms with E-state index in [9.17, 15) is 4.79 Å². The molecule has 4 nitrogen and oxygen atoms in total. The summed E-state index contributed by atoms with van der Waals surface area (Å²) in [5.41, 5.74) is 6.25. The number of hydrogen-bond acceptors (Lipinski definition) is 4. The number of carbonyl (C=O) groups is 1. The molecule has 1 aromatic carbocycles. The van der Waals surface area contributed by atoms with E-state index in [-0.39, 0.29) is 12.4 Å². The van der Waals surface area contributed by atoms with Gasteiger partial charge >= 0.3 is 5.97 Å². The lowest BCUT2D eigenvalue weighted by atomic mass is 10.1. The van der Waals surface area contributed by atoms with Gasteiger partial charge in [-0.05, 0) is 17.7 Å². The number of rotatable bonds is 3. The van der Waals surface area contributed by atoms with Crippen molar-refractivity contribution in [3.8, 4) is 5.75 Å². The lowest BCUT2D eigenvalue weighted by Gasteiger charge is -2.11. The number of methoxy groups -OCH3 is 2. The average Bonchev–Trinajstić information content (AvgIpc) is 2.27. The van der Waals surface area contributed by atoms with Crippen molar-refractivity contribution in [2.24, 2.45) is 5.73 Å². The Morgan fingerprint density at radius 3 is 2.56 bits per heavy atom. The van der Waals surface area contributed by atoms with Crippen molar-refractivity contribution in [1.29, 1.82) is 0 Å². The highest BCUT2D eigenvalue weighted by molar-refractivity contribution is 6.32. The van der Waals surface area contributed by atoms with Crippen LogP contribution in [-0.4, -0.2) is 20.2 Å². The normalized spacial score (nSPS) is 11.2. The van der Waals surface area contributed by atoms with Crippen LogP contribution in [0.15, 0.2) is 18.2 Å². The highest BCUT2D eigenvalue weighted by Gasteiger charge is 2.17. The molecule has 0 unspecified atom stereocenters. The Morgan fingerprint density at radius 1 is 1.44 bits per heavy atom. The molecule has 0 fully saturated rings. The lowest BCUT2D eigenvalue weighted by Crippen LogP contribution is -2.22. The minimum absolute atomic E-state index is 0. The average molecular weight is 266 g/mol. The summed E-state index contributed by atoms with van der Waals surface area (Å²) in [7, 11) is 2.78. The molecule has 0 heterocycles. The molecular weight excluding hydrogens is 253 g/mol. The minimum Gasteiger partial charge on any atom is -0.495 e. The van der Waals surface area contributed by atoms with Gasteiger partial charge in [0, 0.05) is 0 Å². The number of hydrogen-bond donors (Lipinski definition) is 1. The summed E-state index contributed by atoms with van der Waals surface area (Å²) in [5.74, 6) is -0.0205. The van der Waals surface area contributed by atoms with Crippen molar-refractivity contribution >= 4 is 30.0 Å². The second-order valence-electron chi connectivity index (χ2n) is 2.89. The van der Waals surface area contributed by atoms with Crippen LogP contribution >= 0.6 is 24.0 Å². The summed E-state index contributed by atoms with van der Waals surface area (Å²) in [6.45, 7) is 0. The molecule has 90 valence electrons. The molecule has 0 bridgehead atoms. The van der Waals surface area contributed by atoms with Gasteiger partial charge in [0.25, 0.3) is 0 Å². The lowest BCUT2D eigenvalue weighted by molar-refractivity contribution is -0.142. The van der Waals surface area contributed by atoms with Crippen LogP contribution in [0.2, 0.25) is 5.02 Å². The third kappa shape index (κ3) is 3.27. The molecule has 0 saturated carbocycles. The molecule has 0 amide bonds. The Morgan fingerprint density at radius 2 is 2.06 bits per heavy atom. The van der Waals surface area contributed by atoms with Crippen molar-refractivity contribution in [3.63, 3.8) is 0 Å². The molecule has 0 aliphatic carbocycles. The van der Waals surface area contributed by atoms with Crippen LogP contribution in [0.5, 0.6) is 5.75 Å². The van der Waals surface area contributed by atoms with E-state index >= 15 is 0 Å². The largest absolute Gasteiger partial charge is 0.495 e. The maximum Gasteiger partial charge on any atom is 0.327 e. The summed E-state index contributed by atoms with van der Waals surface area (Å²) >= 11 is 5.83. The first-order valence-corrected chi connectivity index (χ1v) is 4.64. The highest BCUT2D eigenvalue weighted by Crippen LogP contribution is 2.27. The van der Waals surface area contributed by atoms with Crippen LogP contribution in [0.4, 0.5) is 0 Å². The van der Waals surface area contributed by atoms with Gasteiger partial charge in [-0.15, -0.1) is 12.4 Å². The van der Waals surface area contributed by atoms with Crippen LogP contribution in [0.25, 0.3) is 0 Å². The molecule has 0 aliphatic heterocycles. The molecule has 1 aromatic rings. The zero-order valence-corrected chi connectivity index (χ0v) is 10.5. The molecule has 0 spiro atoms. The second-order valence-corrected chi connectivity index (χ2v) is 3.30. The summed E-state index contributed by atoms with van der Waals surface area (Å²) in [4.78, 5) is 11.2. The molecule has 6 heteroatoms. The number of ether oxygens (including phenoxy) is 2. The Hall–Kier alpha value is -0.970. The fourth-order valence-electron chi connectivity index (χ4n) is 1.13. The maximum atomic E-state index is 11.2. The first-order valence-electron chi connectivity index (χ1n) is 4.27. The van der Waals surface area contributed by atoms with Gasteiger partial charge in [0.2, 0.25) is 0 Å². The minimum atomic E-state index is -0.818. The number of esters is 1. The molecular formula is C10H13Cl2NO3. The molecule has 16 heavy (non-hydrogen) atoms. The summed E-state index contributed by atoms with van der Waals surface area (Å²) in [5, 5.41) is 0.471. The predicted octanol–water partition coefficient (Wildman–Crippen LogP) is 1.94.